The Bertz CT molecular complexity index is 704. The lowest BCUT2D eigenvalue weighted by Gasteiger charge is -2.10. The average Bonchev–Trinajstić information content (AvgIpc) is 2.47. The maximum absolute atomic E-state index is 13.9. The van der Waals surface area contributed by atoms with Crippen molar-refractivity contribution in [1.82, 2.24) is 0 Å². The van der Waals surface area contributed by atoms with E-state index in [2.05, 4.69) is 5.32 Å². The molecule has 2 rings (SSSR count). The van der Waals surface area contributed by atoms with E-state index in [0.29, 0.717) is 17.0 Å². The van der Waals surface area contributed by atoms with Gasteiger partial charge in [-0.05, 0) is 24.3 Å². The van der Waals surface area contributed by atoms with Gasteiger partial charge in [0.1, 0.15) is 16.6 Å². The first-order valence-electron chi connectivity index (χ1n) is 6.06. The fourth-order valence-electron chi connectivity index (χ4n) is 1.80. The second-order valence-corrected chi connectivity index (χ2v) is 4.65. The number of nitrogens with two attached hydrogens (primary N) is 1. The third-order valence-electron chi connectivity index (χ3n) is 2.86. The molecule has 21 heavy (non-hydrogen) atoms. The zero-order chi connectivity index (χ0) is 15.4. The summed E-state index contributed by atoms with van der Waals surface area (Å²) in [6, 6.07) is 10.8. The van der Waals surface area contributed by atoms with Gasteiger partial charge in [-0.1, -0.05) is 24.4 Å². The summed E-state index contributed by atoms with van der Waals surface area (Å²) in [5, 5.41) is 2.60. The zero-order valence-corrected chi connectivity index (χ0v) is 12.0. The van der Waals surface area contributed by atoms with Crippen LogP contribution in [0.5, 0.6) is 5.75 Å². The molecule has 0 radical (unpaired) electrons. The summed E-state index contributed by atoms with van der Waals surface area (Å²) in [6.07, 6.45) is 0. The van der Waals surface area contributed by atoms with Crippen LogP contribution in [0.1, 0.15) is 15.9 Å². The lowest BCUT2D eigenvalue weighted by atomic mass is 10.1. The third-order valence-corrected chi connectivity index (χ3v) is 3.08. The van der Waals surface area contributed by atoms with Crippen molar-refractivity contribution in [3.05, 3.63) is 59.4 Å². The number of amides is 1. The minimum absolute atomic E-state index is 0.0893. The Kier molecular flexibility index (Phi) is 4.49. The number of hydrogen-bond acceptors (Lipinski definition) is 3. The Morgan fingerprint density at radius 1 is 1.24 bits per heavy atom. The van der Waals surface area contributed by atoms with Gasteiger partial charge in [-0.15, -0.1) is 0 Å². The Labute approximate surface area is 126 Å². The molecule has 0 spiro atoms. The van der Waals surface area contributed by atoms with Gasteiger partial charge in [0.15, 0.2) is 0 Å². The van der Waals surface area contributed by atoms with Crippen LogP contribution < -0.4 is 15.8 Å². The minimum atomic E-state index is -0.667. The van der Waals surface area contributed by atoms with E-state index in [4.69, 9.17) is 22.7 Å². The van der Waals surface area contributed by atoms with Gasteiger partial charge in [0.25, 0.3) is 5.91 Å². The number of carbonyl (C=O) groups is 1. The first-order chi connectivity index (χ1) is 10.0. The summed E-state index contributed by atoms with van der Waals surface area (Å²) in [5.74, 6) is -0.911. The quantitative estimate of drug-likeness (QED) is 0.853. The van der Waals surface area contributed by atoms with Crippen LogP contribution in [0.2, 0.25) is 0 Å². The highest BCUT2D eigenvalue weighted by molar-refractivity contribution is 7.80. The molecule has 0 saturated heterocycles. The van der Waals surface area contributed by atoms with E-state index in [1.807, 2.05) is 0 Å². The molecule has 6 heteroatoms. The van der Waals surface area contributed by atoms with Gasteiger partial charge >= 0.3 is 0 Å². The molecule has 0 aliphatic heterocycles. The summed E-state index contributed by atoms with van der Waals surface area (Å²) in [6.45, 7) is 0. The molecular formula is C15H13FN2O2S. The Balaban J connectivity index is 2.28. The van der Waals surface area contributed by atoms with E-state index in [1.54, 1.807) is 24.3 Å². The van der Waals surface area contributed by atoms with E-state index < -0.39 is 11.7 Å². The molecule has 108 valence electrons. The van der Waals surface area contributed by atoms with Crippen LogP contribution in [0.25, 0.3) is 0 Å². The van der Waals surface area contributed by atoms with Crippen LogP contribution in [-0.2, 0) is 0 Å². The van der Waals surface area contributed by atoms with Crippen LogP contribution in [0.15, 0.2) is 42.5 Å². The highest BCUT2D eigenvalue weighted by atomic mass is 32.1. The SMILES string of the molecule is COc1ccc(C(=O)Nc2ccccc2C(N)=S)c(F)c1. The van der Waals surface area contributed by atoms with Crippen molar-refractivity contribution < 1.29 is 13.9 Å². The van der Waals surface area contributed by atoms with Crippen LogP contribution in [0, 0.1) is 5.82 Å². The van der Waals surface area contributed by atoms with E-state index in [1.165, 1.54) is 19.2 Å². The van der Waals surface area contributed by atoms with Gasteiger partial charge in [0.05, 0.1) is 18.4 Å². The van der Waals surface area contributed by atoms with Crippen molar-refractivity contribution in [1.29, 1.82) is 0 Å². The van der Waals surface area contributed by atoms with E-state index in [-0.39, 0.29) is 10.6 Å². The molecule has 2 aromatic carbocycles. The molecule has 0 saturated carbocycles. The number of benzene rings is 2. The molecule has 0 fully saturated rings. The maximum atomic E-state index is 13.9. The number of nitrogens with one attached hydrogen (secondary N) is 1. The van der Waals surface area contributed by atoms with Crippen LogP contribution in [0.3, 0.4) is 0 Å². The van der Waals surface area contributed by atoms with Crippen LogP contribution >= 0.6 is 12.2 Å². The first kappa shape index (κ1) is 14.9. The largest absolute Gasteiger partial charge is 0.497 e. The van der Waals surface area contributed by atoms with E-state index >= 15 is 0 Å². The van der Waals surface area contributed by atoms with Crippen molar-refractivity contribution in [3.63, 3.8) is 0 Å². The number of ether oxygens (including phenoxy) is 1. The highest BCUT2D eigenvalue weighted by Gasteiger charge is 2.14. The molecule has 0 aliphatic rings. The topological polar surface area (TPSA) is 64.3 Å². The molecule has 0 aliphatic carbocycles. The van der Waals surface area contributed by atoms with Crippen molar-refractivity contribution in [3.8, 4) is 5.75 Å². The predicted molar refractivity (Wildman–Crippen MR) is 83.2 cm³/mol. The maximum Gasteiger partial charge on any atom is 0.258 e. The predicted octanol–water partition coefficient (Wildman–Crippen LogP) is 2.72. The van der Waals surface area contributed by atoms with Crippen molar-refractivity contribution in [2.24, 2.45) is 5.73 Å². The number of rotatable bonds is 4. The molecule has 0 heterocycles. The Morgan fingerprint density at radius 2 is 1.95 bits per heavy atom. The number of hydrogen-bond donors (Lipinski definition) is 2. The fraction of sp³-hybridized carbons (Fsp3) is 0.0667. The summed E-state index contributed by atoms with van der Waals surface area (Å²) < 4.78 is 18.8. The molecule has 1 amide bonds. The normalized spacial score (nSPS) is 10.0. The second-order valence-electron chi connectivity index (χ2n) is 4.21. The fourth-order valence-corrected chi connectivity index (χ4v) is 1.98. The zero-order valence-electron chi connectivity index (χ0n) is 11.2. The second kappa shape index (κ2) is 6.32. The van der Waals surface area contributed by atoms with E-state index in [0.717, 1.165) is 6.07 Å². The smallest absolute Gasteiger partial charge is 0.258 e. The molecule has 0 bridgehead atoms. The number of thiocarbonyl (C=S) groups is 1. The van der Waals surface area contributed by atoms with E-state index in [9.17, 15) is 9.18 Å². The molecule has 0 unspecified atom stereocenters. The van der Waals surface area contributed by atoms with Gasteiger partial charge in [-0.25, -0.2) is 4.39 Å². The molecule has 2 aromatic rings. The summed E-state index contributed by atoms with van der Waals surface area (Å²) in [4.78, 5) is 12.3. The lowest BCUT2D eigenvalue weighted by molar-refractivity contribution is 0.102. The monoisotopic (exact) mass is 304 g/mol. The number of methoxy groups -OCH3 is 1. The van der Waals surface area contributed by atoms with Crippen molar-refractivity contribution in [2.75, 3.05) is 12.4 Å². The molecular weight excluding hydrogens is 291 g/mol. The number of para-hydroxylation sites is 1. The minimum Gasteiger partial charge on any atom is -0.497 e. The third kappa shape index (κ3) is 3.35. The van der Waals surface area contributed by atoms with Gasteiger partial charge < -0.3 is 15.8 Å². The first-order valence-corrected chi connectivity index (χ1v) is 6.47. The lowest BCUT2D eigenvalue weighted by Crippen LogP contribution is -2.18. The van der Waals surface area contributed by atoms with Crippen LogP contribution in [0.4, 0.5) is 10.1 Å². The number of anilines is 1. The van der Waals surface area contributed by atoms with Gasteiger partial charge in [-0.2, -0.15) is 0 Å². The van der Waals surface area contributed by atoms with Gasteiger partial charge in [0, 0.05) is 11.6 Å². The standard InChI is InChI=1S/C15H13FN2O2S/c1-20-9-6-7-10(12(16)8-9)15(19)18-13-5-3-2-4-11(13)14(17)21/h2-8H,1H3,(H2,17,21)(H,18,19). The number of halogens is 1. The number of carbonyl (C=O) groups excluding carboxylic acids is 1. The Morgan fingerprint density at radius 3 is 2.57 bits per heavy atom. The summed E-state index contributed by atoms with van der Waals surface area (Å²) in [7, 11) is 1.42. The molecule has 0 aromatic heterocycles. The summed E-state index contributed by atoms with van der Waals surface area (Å²) in [5.41, 5.74) is 6.46. The van der Waals surface area contributed by atoms with Crippen molar-refractivity contribution >= 4 is 28.8 Å². The highest BCUT2D eigenvalue weighted by Crippen LogP contribution is 2.19. The van der Waals surface area contributed by atoms with Crippen LogP contribution in [-0.4, -0.2) is 18.0 Å². The van der Waals surface area contributed by atoms with Crippen molar-refractivity contribution in [2.45, 2.75) is 0 Å². The molecule has 0 atom stereocenters. The van der Waals surface area contributed by atoms with Gasteiger partial charge in [0.2, 0.25) is 0 Å². The van der Waals surface area contributed by atoms with Gasteiger partial charge in [-0.3, -0.25) is 4.79 Å². The molecule has 3 N–H and O–H groups in total. The molecule has 4 nitrogen and oxygen atoms in total. The average molecular weight is 304 g/mol. The Hall–Kier alpha value is -2.47. The summed E-state index contributed by atoms with van der Waals surface area (Å²) >= 11 is 4.91.